The van der Waals surface area contributed by atoms with Crippen molar-refractivity contribution >= 4 is 17.3 Å². The van der Waals surface area contributed by atoms with Crippen molar-refractivity contribution in [2.24, 2.45) is 21.7 Å². The van der Waals surface area contributed by atoms with Crippen LogP contribution in [-0.4, -0.2) is 11.6 Å². The topological polar surface area (TPSA) is 130 Å². The average molecular weight is 392 g/mol. The van der Waals surface area contributed by atoms with Gasteiger partial charge in [0.2, 0.25) is 0 Å². The maximum Gasteiger partial charge on any atom is 0.262 e. The summed E-state index contributed by atoms with van der Waals surface area (Å²) >= 11 is 0. The van der Waals surface area contributed by atoms with Gasteiger partial charge in [0, 0.05) is 5.92 Å². The summed E-state index contributed by atoms with van der Waals surface area (Å²) in [5.41, 5.74) is 4.44. The number of rotatable bonds is 3. The summed E-state index contributed by atoms with van der Waals surface area (Å²) in [6.45, 7) is 1.68. The van der Waals surface area contributed by atoms with Gasteiger partial charge in [0.05, 0.1) is 23.2 Å². The first-order chi connectivity index (χ1) is 14.5. The summed E-state index contributed by atoms with van der Waals surface area (Å²) in [7, 11) is 0. The van der Waals surface area contributed by atoms with Gasteiger partial charge in [-0.25, -0.2) is 0 Å². The Hall–Kier alpha value is -4.41. The Morgan fingerprint density at radius 2 is 1.60 bits per heavy atom. The Balaban J connectivity index is 1.98. The van der Waals surface area contributed by atoms with Crippen molar-refractivity contribution in [1.82, 2.24) is 0 Å². The third-order valence-corrected chi connectivity index (χ3v) is 5.98. The molecule has 1 spiro atoms. The number of carbonyl (C=O) groups is 1. The molecule has 144 valence electrons. The van der Waals surface area contributed by atoms with Crippen LogP contribution in [0.5, 0.6) is 0 Å². The van der Waals surface area contributed by atoms with E-state index in [2.05, 4.69) is 11.2 Å². The number of hydrazone groups is 1. The Bertz CT molecular complexity index is 1210. The number of hydrogen-bond donors (Lipinski definition) is 1. The highest BCUT2D eigenvalue weighted by molar-refractivity contribution is 6.24. The van der Waals surface area contributed by atoms with Gasteiger partial charge in [-0.1, -0.05) is 48.5 Å². The summed E-state index contributed by atoms with van der Waals surface area (Å²) in [5, 5.41) is 34.8. The summed E-state index contributed by atoms with van der Waals surface area (Å²) in [6.07, 6.45) is 0. The molecule has 2 aromatic carbocycles. The minimum Gasteiger partial charge on any atom is -0.399 e. The largest absolute Gasteiger partial charge is 0.399 e. The van der Waals surface area contributed by atoms with Crippen molar-refractivity contribution in [2.45, 2.75) is 12.8 Å². The van der Waals surface area contributed by atoms with Gasteiger partial charge < -0.3 is 5.73 Å². The third kappa shape index (κ3) is 2.11. The van der Waals surface area contributed by atoms with Crippen LogP contribution in [0.2, 0.25) is 0 Å². The predicted molar refractivity (Wildman–Crippen MR) is 109 cm³/mol. The summed E-state index contributed by atoms with van der Waals surface area (Å²) < 4.78 is 0. The second kappa shape index (κ2) is 6.58. The number of amides is 1. The molecule has 0 radical (unpaired) electrons. The van der Waals surface area contributed by atoms with E-state index < -0.39 is 22.7 Å². The monoisotopic (exact) mass is 392 g/mol. The van der Waals surface area contributed by atoms with Gasteiger partial charge in [0.1, 0.15) is 28.5 Å². The van der Waals surface area contributed by atoms with Crippen LogP contribution in [-0.2, 0) is 4.79 Å². The molecule has 2 aliphatic rings. The predicted octanol–water partition coefficient (Wildman–Crippen LogP) is 2.96. The van der Waals surface area contributed by atoms with Gasteiger partial charge in [0.15, 0.2) is 0 Å². The fourth-order valence-corrected chi connectivity index (χ4v) is 4.67. The van der Waals surface area contributed by atoms with Crippen molar-refractivity contribution in [3.63, 3.8) is 0 Å². The standard InChI is InChI=1S/C23H16N6O/c1-15-23(21(30)29(28-15)18-10-6-3-7-11-18)19(16-8-4-2-5-9-16)22(23,14-26)20(27)17(12-24)13-25/h2-11,19H,27H2,1H3/t19-,22-,23-/m1/s1. The molecular weight excluding hydrogens is 376 g/mol. The number of allylic oxidation sites excluding steroid dienone is 2. The normalized spacial score (nSPS) is 26.3. The lowest BCUT2D eigenvalue weighted by Gasteiger charge is -2.17. The molecule has 2 N–H and O–H groups in total. The highest BCUT2D eigenvalue weighted by Gasteiger charge is 2.87. The Kier molecular flexibility index (Phi) is 4.15. The molecular formula is C23H16N6O. The van der Waals surface area contributed by atoms with Gasteiger partial charge in [-0.2, -0.15) is 25.9 Å². The van der Waals surface area contributed by atoms with Crippen LogP contribution in [0.4, 0.5) is 5.69 Å². The van der Waals surface area contributed by atoms with Crippen LogP contribution in [0.1, 0.15) is 18.4 Å². The fourth-order valence-electron chi connectivity index (χ4n) is 4.67. The number of nitrogens with zero attached hydrogens (tertiary/aromatic N) is 5. The molecule has 2 aromatic rings. The molecule has 0 unspecified atom stereocenters. The van der Waals surface area contributed by atoms with E-state index in [1.807, 2.05) is 24.3 Å². The zero-order valence-corrected chi connectivity index (χ0v) is 16.1. The van der Waals surface area contributed by atoms with Crippen molar-refractivity contribution in [2.75, 3.05) is 5.01 Å². The third-order valence-electron chi connectivity index (χ3n) is 5.98. The molecule has 1 saturated carbocycles. The van der Waals surface area contributed by atoms with Crippen molar-refractivity contribution in [1.29, 1.82) is 15.8 Å². The summed E-state index contributed by atoms with van der Waals surface area (Å²) in [5.74, 6) is -1.07. The van der Waals surface area contributed by atoms with Gasteiger partial charge >= 0.3 is 0 Å². The zero-order valence-electron chi connectivity index (χ0n) is 16.1. The summed E-state index contributed by atoms with van der Waals surface area (Å²) in [6, 6.07) is 23.7. The molecule has 0 bridgehead atoms. The van der Waals surface area contributed by atoms with E-state index in [-0.39, 0.29) is 11.3 Å². The maximum absolute atomic E-state index is 13.8. The molecule has 0 aromatic heterocycles. The molecule has 30 heavy (non-hydrogen) atoms. The maximum atomic E-state index is 13.8. The molecule has 0 saturated heterocycles. The van der Waals surface area contributed by atoms with E-state index in [1.165, 1.54) is 5.01 Å². The number of benzene rings is 2. The Morgan fingerprint density at radius 3 is 2.13 bits per heavy atom. The first-order valence-electron chi connectivity index (χ1n) is 9.22. The highest BCUT2D eigenvalue weighted by atomic mass is 16.2. The first kappa shape index (κ1) is 18.9. The van der Waals surface area contributed by atoms with E-state index in [0.29, 0.717) is 11.4 Å². The molecule has 1 aliphatic heterocycles. The molecule has 1 amide bonds. The van der Waals surface area contributed by atoms with E-state index >= 15 is 0 Å². The van der Waals surface area contributed by atoms with Crippen LogP contribution in [0.3, 0.4) is 0 Å². The number of para-hydroxylation sites is 1. The lowest BCUT2D eigenvalue weighted by molar-refractivity contribution is -0.121. The minimum atomic E-state index is -1.58. The van der Waals surface area contributed by atoms with Gasteiger partial charge in [-0.15, -0.1) is 0 Å². The average Bonchev–Trinajstić information content (AvgIpc) is 3.35. The van der Waals surface area contributed by atoms with E-state index in [1.54, 1.807) is 55.5 Å². The number of nitrogens with two attached hydrogens (primary N) is 1. The highest BCUT2D eigenvalue weighted by Crippen LogP contribution is 2.79. The smallest absolute Gasteiger partial charge is 0.262 e. The van der Waals surface area contributed by atoms with Crippen LogP contribution >= 0.6 is 0 Å². The Labute approximate surface area is 173 Å². The van der Waals surface area contributed by atoms with Gasteiger partial charge in [0.25, 0.3) is 5.91 Å². The number of carbonyl (C=O) groups excluding carboxylic acids is 1. The van der Waals surface area contributed by atoms with E-state index in [4.69, 9.17) is 5.73 Å². The van der Waals surface area contributed by atoms with E-state index in [0.717, 1.165) is 5.56 Å². The molecule has 7 nitrogen and oxygen atoms in total. The van der Waals surface area contributed by atoms with Crippen molar-refractivity contribution in [3.8, 4) is 18.2 Å². The lowest BCUT2D eigenvalue weighted by Crippen LogP contribution is -2.35. The molecule has 7 heteroatoms. The molecule has 3 atom stereocenters. The Morgan fingerprint density at radius 1 is 1.03 bits per heavy atom. The first-order valence-corrected chi connectivity index (χ1v) is 9.22. The van der Waals surface area contributed by atoms with Crippen LogP contribution in [0, 0.1) is 44.8 Å². The van der Waals surface area contributed by atoms with Crippen LogP contribution < -0.4 is 10.7 Å². The van der Waals surface area contributed by atoms with Crippen LogP contribution in [0.15, 0.2) is 77.0 Å². The lowest BCUT2D eigenvalue weighted by atomic mass is 9.85. The molecule has 4 rings (SSSR count). The second-order valence-electron chi connectivity index (χ2n) is 7.22. The molecule has 1 heterocycles. The summed E-state index contributed by atoms with van der Waals surface area (Å²) in [4.78, 5) is 13.8. The fraction of sp³-hybridized carbons (Fsp3) is 0.174. The quantitative estimate of drug-likeness (QED) is 0.803. The van der Waals surface area contributed by atoms with Gasteiger partial charge in [-0.05, 0) is 24.6 Å². The van der Waals surface area contributed by atoms with Gasteiger partial charge in [-0.3, -0.25) is 4.79 Å². The zero-order chi connectivity index (χ0) is 21.5. The molecule has 1 fully saturated rings. The van der Waals surface area contributed by atoms with Crippen LogP contribution in [0.25, 0.3) is 0 Å². The number of hydrogen-bond acceptors (Lipinski definition) is 6. The number of anilines is 1. The molecule has 1 aliphatic carbocycles. The van der Waals surface area contributed by atoms with Crippen molar-refractivity contribution in [3.05, 3.63) is 77.5 Å². The minimum absolute atomic E-state index is 0.193. The SMILES string of the molecule is CC1=NN(c2ccccc2)C(=O)[C@]12[C@H](c1ccccc1)[C@]2(C#N)C(N)=C(C#N)C#N. The van der Waals surface area contributed by atoms with Crippen molar-refractivity contribution < 1.29 is 4.79 Å². The number of nitriles is 3. The second-order valence-corrected chi connectivity index (χ2v) is 7.22. The van der Waals surface area contributed by atoms with E-state index in [9.17, 15) is 20.6 Å².